The van der Waals surface area contributed by atoms with Gasteiger partial charge in [0.05, 0.1) is 30.3 Å². The van der Waals surface area contributed by atoms with E-state index in [1.807, 2.05) is 47.3 Å². The molecule has 0 aromatic carbocycles. The van der Waals surface area contributed by atoms with Crippen LogP contribution in [-0.4, -0.2) is 65.9 Å². The summed E-state index contributed by atoms with van der Waals surface area (Å²) >= 11 is 1.49. The highest BCUT2D eigenvalue weighted by atomic mass is 32.1. The fourth-order valence-corrected chi connectivity index (χ4v) is 3.54. The number of hydrogen-bond acceptors (Lipinski definition) is 5. The molecule has 7 heteroatoms. The summed E-state index contributed by atoms with van der Waals surface area (Å²) in [6.07, 6.45) is 1.80. The van der Waals surface area contributed by atoms with Gasteiger partial charge in [-0.3, -0.25) is 9.48 Å². The van der Waals surface area contributed by atoms with Crippen LogP contribution >= 0.6 is 11.3 Å². The summed E-state index contributed by atoms with van der Waals surface area (Å²) in [5.41, 5.74) is 1.08. The Morgan fingerprint density at radius 3 is 3.04 bits per heavy atom. The molecular formula is C17H24N4O2S. The van der Waals surface area contributed by atoms with Crippen LogP contribution in [0.25, 0.3) is 0 Å². The highest BCUT2D eigenvalue weighted by molar-refractivity contribution is 7.12. The number of carbonyl (C=O) groups excluding carboxylic acids is 1. The quantitative estimate of drug-likeness (QED) is 0.747. The third kappa shape index (κ3) is 4.23. The molecule has 0 bridgehead atoms. The Kier molecular flexibility index (Phi) is 5.65. The zero-order chi connectivity index (χ0) is 16.9. The van der Waals surface area contributed by atoms with Gasteiger partial charge in [0, 0.05) is 31.7 Å². The van der Waals surface area contributed by atoms with Crippen LogP contribution in [0.5, 0.6) is 0 Å². The first-order valence-corrected chi connectivity index (χ1v) is 9.07. The first-order chi connectivity index (χ1) is 11.6. The van der Waals surface area contributed by atoms with Gasteiger partial charge in [0.25, 0.3) is 5.91 Å². The number of carbonyl (C=O) groups is 1. The predicted molar refractivity (Wildman–Crippen MR) is 94.1 cm³/mol. The van der Waals surface area contributed by atoms with Gasteiger partial charge >= 0.3 is 0 Å². The summed E-state index contributed by atoms with van der Waals surface area (Å²) in [6.45, 7) is 4.33. The van der Waals surface area contributed by atoms with Crippen molar-refractivity contribution in [3.8, 4) is 0 Å². The smallest absolute Gasteiger partial charge is 0.264 e. The molecule has 0 saturated carbocycles. The molecule has 0 N–H and O–H groups in total. The van der Waals surface area contributed by atoms with Crippen molar-refractivity contribution < 1.29 is 9.53 Å². The molecule has 0 aliphatic carbocycles. The molecule has 1 atom stereocenters. The van der Waals surface area contributed by atoms with E-state index in [4.69, 9.17) is 4.74 Å². The van der Waals surface area contributed by atoms with Gasteiger partial charge in [-0.25, -0.2) is 0 Å². The maximum atomic E-state index is 12.8. The Balaban J connectivity index is 1.67. The van der Waals surface area contributed by atoms with Gasteiger partial charge in [0.1, 0.15) is 0 Å². The standard InChI is InChI=1S/C17H24N4O2S/c1-19(2)7-8-23-13-14-10-20(17(22)16-4-3-9-24-16)12-15-5-6-18-21(15)11-14/h3-6,9,14H,7-8,10-13H2,1-2H3/t14-/m0/s1. The minimum atomic E-state index is 0.0953. The molecule has 130 valence electrons. The Morgan fingerprint density at radius 1 is 1.42 bits per heavy atom. The van der Waals surface area contributed by atoms with E-state index in [0.717, 1.165) is 23.7 Å². The van der Waals surface area contributed by atoms with Gasteiger partial charge in [0.15, 0.2) is 0 Å². The zero-order valence-electron chi connectivity index (χ0n) is 14.2. The topological polar surface area (TPSA) is 50.6 Å². The van der Waals surface area contributed by atoms with Crippen LogP contribution in [0.4, 0.5) is 0 Å². The molecule has 6 nitrogen and oxygen atoms in total. The number of rotatable bonds is 6. The molecule has 24 heavy (non-hydrogen) atoms. The van der Waals surface area contributed by atoms with Gasteiger partial charge in [-0.2, -0.15) is 5.10 Å². The van der Waals surface area contributed by atoms with Gasteiger partial charge in [-0.05, 0) is 31.6 Å². The highest BCUT2D eigenvalue weighted by Gasteiger charge is 2.26. The van der Waals surface area contributed by atoms with Crippen molar-refractivity contribution in [2.24, 2.45) is 5.92 Å². The number of ether oxygens (including phenoxy) is 1. The lowest BCUT2D eigenvalue weighted by Crippen LogP contribution is -2.35. The Morgan fingerprint density at radius 2 is 2.29 bits per heavy atom. The van der Waals surface area contributed by atoms with Crippen molar-refractivity contribution >= 4 is 17.2 Å². The summed E-state index contributed by atoms with van der Waals surface area (Å²) in [5.74, 6) is 0.343. The number of aromatic nitrogens is 2. The molecular weight excluding hydrogens is 324 g/mol. The molecule has 1 amide bonds. The van der Waals surface area contributed by atoms with E-state index < -0.39 is 0 Å². The maximum absolute atomic E-state index is 12.8. The molecule has 0 fully saturated rings. The van der Waals surface area contributed by atoms with E-state index in [2.05, 4.69) is 10.00 Å². The fraction of sp³-hybridized carbons (Fsp3) is 0.529. The van der Waals surface area contributed by atoms with Crippen LogP contribution in [-0.2, 0) is 17.8 Å². The normalized spacial score (nSPS) is 17.8. The van der Waals surface area contributed by atoms with Crippen LogP contribution in [0.2, 0.25) is 0 Å². The Bertz CT molecular complexity index is 653. The second-order valence-electron chi connectivity index (χ2n) is 6.41. The van der Waals surface area contributed by atoms with E-state index >= 15 is 0 Å². The Hall–Kier alpha value is -1.70. The number of thiophene rings is 1. The molecule has 0 radical (unpaired) electrons. The van der Waals surface area contributed by atoms with Crippen molar-refractivity contribution in [2.75, 3.05) is 40.4 Å². The molecule has 3 rings (SSSR count). The van der Waals surface area contributed by atoms with Gasteiger partial charge in [0.2, 0.25) is 0 Å². The molecule has 2 aromatic heterocycles. The molecule has 0 saturated heterocycles. The van der Waals surface area contributed by atoms with E-state index in [-0.39, 0.29) is 11.8 Å². The molecule has 1 aliphatic heterocycles. The number of fused-ring (bicyclic) bond motifs is 1. The second-order valence-corrected chi connectivity index (χ2v) is 7.36. The summed E-state index contributed by atoms with van der Waals surface area (Å²) in [6, 6.07) is 5.80. The SMILES string of the molecule is CN(C)CCOC[C@H]1CN(C(=O)c2cccs2)Cc2ccnn2C1. The first-order valence-electron chi connectivity index (χ1n) is 8.19. The first kappa shape index (κ1) is 17.1. The zero-order valence-corrected chi connectivity index (χ0v) is 15.0. The number of nitrogens with zero attached hydrogens (tertiary/aromatic N) is 4. The lowest BCUT2D eigenvalue weighted by Gasteiger charge is -2.24. The monoisotopic (exact) mass is 348 g/mol. The van der Waals surface area contributed by atoms with Crippen molar-refractivity contribution in [3.63, 3.8) is 0 Å². The van der Waals surface area contributed by atoms with Crippen LogP contribution < -0.4 is 0 Å². The van der Waals surface area contributed by atoms with Crippen LogP contribution in [0.1, 0.15) is 15.4 Å². The predicted octanol–water partition coefficient (Wildman–Crippen LogP) is 1.79. The maximum Gasteiger partial charge on any atom is 0.264 e. The molecule has 2 aromatic rings. The minimum absolute atomic E-state index is 0.0953. The van der Waals surface area contributed by atoms with E-state index in [0.29, 0.717) is 26.3 Å². The van der Waals surface area contributed by atoms with E-state index in [1.165, 1.54) is 11.3 Å². The number of hydrogen-bond donors (Lipinski definition) is 0. The molecule has 1 aliphatic rings. The molecule has 3 heterocycles. The summed E-state index contributed by atoms with van der Waals surface area (Å²) in [4.78, 5) is 17.6. The largest absolute Gasteiger partial charge is 0.380 e. The lowest BCUT2D eigenvalue weighted by molar-refractivity contribution is 0.0563. The van der Waals surface area contributed by atoms with Gasteiger partial charge < -0.3 is 14.5 Å². The minimum Gasteiger partial charge on any atom is -0.380 e. The average molecular weight is 348 g/mol. The van der Waals surface area contributed by atoms with Gasteiger partial charge in [-0.1, -0.05) is 6.07 Å². The fourth-order valence-electron chi connectivity index (χ4n) is 2.85. The summed E-state index contributed by atoms with van der Waals surface area (Å²) in [7, 11) is 4.07. The third-order valence-corrected chi connectivity index (χ3v) is 4.98. The summed E-state index contributed by atoms with van der Waals surface area (Å²) in [5, 5.41) is 6.34. The second kappa shape index (κ2) is 7.92. The van der Waals surface area contributed by atoms with Crippen molar-refractivity contribution in [2.45, 2.75) is 13.1 Å². The van der Waals surface area contributed by atoms with Crippen LogP contribution in [0.3, 0.4) is 0 Å². The Labute approximate surface area is 146 Å². The molecule has 0 unspecified atom stereocenters. The average Bonchev–Trinajstić information content (AvgIpc) is 3.19. The van der Waals surface area contributed by atoms with Crippen molar-refractivity contribution in [3.05, 3.63) is 40.3 Å². The highest BCUT2D eigenvalue weighted by Crippen LogP contribution is 2.20. The van der Waals surface area contributed by atoms with E-state index in [1.54, 1.807) is 6.20 Å². The van der Waals surface area contributed by atoms with Crippen molar-refractivity contribution in [1.29, 1.82) is 0 Å². The number of amides is 1. The summed E-state index contributed by atoms with van der Waals surface area (Å²) < 4.78 is 7.83. The van der Waals surface area contributed by atoms with E-state index in [9.17, 15) is 4.79 Å². The van der Waals surface area contributed by atoms with Gasteiger partial charge in [-0.15, -0.1) is 11.3 Å². The van der Waals surface area contributed by atoms with Crippen LogP contribution in [0.15, 0.2) is 29.8 Å². The van der Waals surface area contributed by atoms with Crippen LogP contribution in [0, 0.1) is 5.92 Å². The van der Waals surface area contributed by atoms with Crippen molar-refractivity contribution in [1.82, 2.24) is 19.6 Å². The number of likely N-dealkylation sites (N-methyl/N-ethyl adjacent to an activating group) is 1. The lowest BCUT2D eigenvalue weighted by atomic mass is 10.1. The molecule has 0 spiro atoms. The third-order valence-electron chi connectivity index (χ3n) is 4.12.